The smallest absolute Gasteiger partial charge is 0.264 e. The molecule has 0 aliphatic rings. The van der Waals surface area contributed by atoms with Crippen molar-refractivity contribution in [2.75, 3.05) is 18.0 Å². The fraction of sp³-hybridized carbons (Fsp3) is 0.355. The molecule has 220 valence electrons. The van der Waals surface area contributed by atoms with Gasteiger partial charge in [0.05, 0.1) is 17.7 Å². The topological polar surface area (TPSA) is 96.0 Å². The third kappa shape index (κ3) is 8.01. The number of rotatable bonds is 13. The zero-order valence-electron chi connectivity index (χ0n) is 24.1. The van der Waals surface area contributed by atoms with E-state index in [0.29, 0.717) is 22.8 Å². The highest BCUT2D eigenvalue weighted by molar-refractivity contribution is 7.92. The van der Waals surface area contributed by atoms with Crippen LogP contribution in [0.2, 0.25) is 5.02 Å². The molecular weight excluding hydrogens is 562 g/mol. The van der Waals surface area contributed by atoms with Crippen LogP contribution in [0.1, 0.15) is 44.7 Å². The second-order valence-electron chi connectivity index (χ2n) is 9.88. The van der Waals surface area contributed by atoms with Gasteiger partial charge in [0.2, 0.25) is 11.8 Å². The standard InChI is InChI=1S/C31H38ClN3O5S/c1-6-23(4)33-31(37)29(7-2)34(20-24-11-8-9-14-28(24)32)30(36)21-35(25-12-10-13-26(19-25)40-5)41(38,39)27-17-15-22(3)16-18-27/h8-19,23,29H,6-7,20-21H2,1-5H3,(H,33,37)/t23-,29-/m0/s1. The molecule has 3 rings (SSSR count). The lowest BCUT2D eigenvalue weighted by Crippen LogP contribution is -2.53. The molecule has 0 unspecified atom stereocenters. The first-order chi connectivity index (χ1) is 19.5. The highest BCUT2D eigenvalue weighted by atomic mass is 35.5. The Hall–Kier alpha value is -3.56. The molecule has 3 aromatic carbocycles. The number of sulfonamides is 1. The molecule has 0 saturated carbocycles. The Morgan fingerprint density at radius 3 is 2.27 bits per heavy atom. The van der Waals surface area contributed by atoms with Crippen LogP contribution in [0, 0.1) is 6.92 Å². The SMILES string of the molecule is CC[C@H](C)NC(=O)[C@H](CC)N(Cc1ccccc1Cl)C(=O)CN(c1cccc(OC)c1)S(=O)(=O)c1ccc(C)cc1. The summed E-state index contributed by atoms with van der Waals surface area (Å²) >= 11 is 6.45. The zero-order valence-corrected chi connectivity index (χ0v) is 25.7. The molecule has 0 aliphatic heterocycles. The Morgan fingerprint density at radius 2 is 1.66 bits per heavy atom. The van der Waals surface area contributed by atoms with E-state index in [1.807, 2.05) is 27.7 Å². The van der Waals surface area contributed by atoms with Gasteiger partial charge in [0.15, 0.2) is 0 Å². The van der Waals surface area contributed by atoms with Crippen LogP contribution in [0.25, 0.3) is 0 Å². The quantitative estimate of drug-likeness (QED) is 0.277. The summed E-state index contributed by atoms with van der Waals surface area (Å²) in [5.41, 5.74) is 1.80. The normalized spacial score (nSPS) is 12.7. The number of aryl methyl sites for hydroxylation is 1. The first-order valence-corrected chi connectivity index (χ1v) is 15.4. The Balaban J connectivity index is 2.09. The Labute approximate surface area is 248 Å². The summed E-state index contributed by atoms with van der Waals surface area (Å²) in [4.78, 5) is 29.0. The van der Waals surface area contributed by atoms with Gasteiger partial charge in [-0.15, -0.1) is 0 Å². The molecule has 3 aromatic rings. The molecule has 0 fully saturated rings. The molecule has 0 radical (unpaired) electrons. The summed E-state index contributed by atoms with van der Waals surface area (Å²) in [6.45, 7) is 7.02. The number of methoxy groups -OCH3 is 1. The number of carbonyl (C=O) groups excluding carboxylic acids is 2. The fourth-order valence-corrected chi connectivity index (χ4v) is 5.90. The van der Waals surface area contributed by atoms with E-state index in [1.165, 1.54) is 24.1 Å². The highest BCUT2D eigenvalue weighted by Gasteiger charge is 2.34. The first kappa shape index (κ1) is 32.0. The summed E-state index contributed by atoms with van der Waals surface area (Å²) < 4.78 is 34.4. The van der Waals surface area contributed by atoms with E-state index in [9.17, 15) is 18.0 Å². The van der Waals surface area contributed by atoms with E-state index in [1.54, 1.807) is 60.7 Å². The number of anilines is 1. The number of ether oxygens (including phenoxy) is 1. The van der Waals surface area contributed by atoms with Gasteiger partial charge in [0, 0.05) is 23.7 Å². The molecule has 0 saturated heterocycles. The Morgan fingerprint density at radius 1 is 0.976 bits per heavy atom. The van der Waals surface area contributed by atoms with Crippen LogP contribution < -0.4 is 14.4 Å². The van der Waals surface area contributed by atoms with Crippen molar-refractivity contribution < 1.29 is 22.7 Å². The van der Waals surface area contributed by atoms with Crippen molar-refractivity contribution >= 4 is 39.1 Å². The number of carbonyl (C=O) groups is 2. The van der Waals surface area contributed by atoms with Gasteiger partial charge in [0.1, 0.15) is 18.3 Å². The molecule has 10 heteroatoms. The van der Waals surface area contributed by atoms with Gasteiger partial charge < -0.3 is 15.0 Å². The van der Waals surface area contributed by atoms with Gasteiger partial charge in [-0.25, -0.2) is 8.42 Å². The minimum absolute atomic E-state index is 0.0292. The maximum Gasteiger partial charge on any atom is 0.264 e. The van der Waals surface area contributed by atoms with Crippen molar-refractivity contribution in [3.05, 3.63) is 88.9 Å². The van der Waals surface area contributed by atoms with Gasteiger partial charge in [-0.3, -0.25) is 13.9 Å². The monoisotopic (exact) mass is 599 g/mol. The number of amides is 2. The Bertz CT molecular complexity index is 1450. The van der Waals surface area contributed by atoms with E-state index in [-0.39, 0.29) is 29.1 Å². The summed E-state index contributed by atoms with van der Waals surface area (Å²) in [7, 11) is -2.70. The van der Waals surface area contributed by atoms with Crippen molar-refractivity contribution in [2.45, 2.75) is 64.1 Å². The van der Waals surface area contributed by atoms with Crippen LogP contribution in [0.15, 0.2) is 77.7 Å². The van der Waals surface area contributed by atoms with Crippen LogP contribution in [-0.2, 0) is 26.2 Å². The van der Waals surface area contributed by atoms with Gasteiger partial charge >= 0.3 is 0 Å². The predicted octanol–water partition coefficient (Wildman–Crippen LogP) is 5.57. The predicted molar refractivity (Wildman–Crippen MR) is 163 cm³/mol. The maximum absolute atomic E-state index is 14.2. The number of nitrogens with zero attached hydrogens (tertiary/aromatic N) is 2. The molecule has 0 bridgehead atoms. The Kier molecular flexibility index (Phi) is 11.2. The summed E-state index contributed by atoms with van der Waals surface area (Å²) in [6.07, 6.45) is 1.04. The molecule has 0 aromatic heterocycles. The van der Waals surface area contributed by atoms with Crippen LogP contribution in [0.4, 0.5) is 5.69 Å². The summed E-state index contributed by atoms with van der Waals surface area (Å²) in [5.74, 6) is -0.419. The van der Waals surface area contributed by atoms with Crippen molar-refractivity contribution in [2.24, 2.45) is 0 Å². The molecule has 0 heterocycles. The molecule has 41 heavy (non-hydrogen) atoms. The third-order valence-electron chi connectivity index (χ3n) is 6.91. The second-order valence-corrected chi connectivity index (χ2v) is 12.2. The maximum atomic E-state index is 14.2. The molecule has 8 nitrogen and oxygen atoms in total. The van der Waals surface area contributed by atoms with Gasteiger partial charge in [-0.05, 0) is 62.6 Å². The van der Waals surface area contributed by atoms with Crippen LogP contribution in [-0.4, -0.2) is 50.9 Å². The van der Waals surface area contributed by atoms with Crippen LogP contribution in [0.3, 0.4) is 0 Å². The van der Waals surface area contributed by atoms with Crippen molar-refractivity contribution in [3.8, 4) is 5.75 Å². The third-order valence-corrected chi connectivity index (χ3v) is 9.07. The molecule has 0 spiro atoms. The van der Waals surface area contributed by atoms with E-state index >= 15 is 0 Å². The van der Waals surface area contributed by atoms with Crippen molar-refractivity contribution in [1.82, 2.24) is 10.2 Å². The minimum atomic E-state index is -4.18. The highest BCUT2D eigenvalue weighted by Crippen LogP contribution is 2.28. The summed E-state index contributed by atoms with van der Waals surface area (Å²) in [5, 5.41) is 3.41. The van der Waals surface area contributed by atoms with Crippen molar-refractivity contribution in [1.29, 1.82) is 0 Å². The molecule has 1 N–H and O–H groups in total. The fourth-order valence-electron chi connectivity index (χ4n) is 4.30. The van der Waals surface area contributed by atoms with Crippen LogP contribution in [0.5, 0.6) is 5.75 Å². The average Bonchev–Trinajstić information content (AvgIpc) is 2.96. The minimum Gasteiger partial charge on any atom is -0.497 e. The van der Waals surface area contributed by atoms with E-state index in [2.05, 4.69) is 5.32 Å². The number of halogens is 1. The van der Waals surface area contributed by atoms with Gasteiger partial charge in [0.25, 0.3) is 10.0 Å². The van der Waals surface area contributed by atoms with Gasteiger partial charge in [-0.2, -0.15) is 0 Å². The number of benzene rings is 3. The van der Waals surface area contributed by atoms with Crippen LogP contribution >= 0.6 is 11.6 Å². The zero-order chi connectivity index (χ0) is 30.2. The largest absolute Gasteiger partial charge is 0.497 e. The summed E-state index contributed by atoms with van der Waals surface area (Å²) in [6, 6.07) is 19.1. The van der Waals surface area contributed by atoms with E-state index < -0.39 is 28.5 Å². The molecule has 2 atom stereocenters. The molecular formula is C31H38ClN3O5S. The van der Waals surface area contributed by atoms with E-state index in [0.717, 1.165) is 16.3 Å². The lowest BCUT2D eigenvalue weighted by Gasteiger charge is -2.34. The van der Waals surface area contributed by atoms with E-state index in [4.69, 9.17) is 16.3 Å². The first-order valence-electron chi connectivity index (χ1n) is 13.6. The van der Waals surface area contributed by atoms with Gasteiger partial charge in [-0.1, -0.05) is 67.4 Å². The van der Waals surface area contributed by atoms with Crippen molar-refractivity contribution in [3.63, 3.8) is 0 Å². The second kappa shape index (κ2) is 14.4. The number of nitrogens with one attached hydrogen (secondary N) is 1. The molecule has 2 amide bonds. The number of hydrogen-bond acceptors (Lipinski definition) is 5. The molecule has 0 aliphatic carbocycles. The lowest BCUT2D eigenvalue weighted by molar-refractivity contribution is -0.140. The lowest BCUT2D eigenvalue weighted by atomic mass is 10.1. The average molecular weight is 600 g/mol. The number of hydrogen-bond donors (Lipinski definition) is 1.